The number of hydrogen-bond donors (Lipinski definition) is 2. The highest BCUT2D eigenvalue weighted by Gasteiger charge is 2.02. The van der Waals surface area contributed by atoms with E-state index in [1.165, 1.54) is 6.08 Å². The van der Waals surface area contributed by atoms with Crippen molar-refractivity contribution in [1.29, 1.82) is 0 Å². The molecular formula is C11H12N2O4. The maximum absolute atomic E-state index is 11.1. The first-order valence-electron chi connectivity index (χ1n) is 4.93. The number of anilines is 1. The van der Waals surface area contributed by atoms with Crippen molar-refractivity contribution in [2.24, 2.45) is 0 Å². The molecule has 0 unspecified atom stereocenters. The summed E-state index contributed by atoms with van der Waals surface area (Å²) in [4.78, 5) is 25.4. The lowest BCUT2D eigenvalue weighted by Crippen LogP contribution is -2.14. The number of aromatic nitrogens is 1. The minimum atomic E-state index is -1.06. The number of pyridine rings is 1. The van der Waals surface area contributed by atoms with Crippen molar-refractivity contribution < 1.29 is 19.4 Å². The Kier molecular flexibility index (Phi) is 4.68. The van der Waals surface area contributed by atoms with Crippen LogP contribution in [0.1, 0.15) is 12.6 Å². The first-order valence-corrected chi connectivity index (χ1v) is 4.93. The quantitative estimate of drug-likeness (QED) is 0.777. The van der Waals surface area contributed by atoms with Gasteiger partial charge in [-0.05, 0) is 25.1 Å². The molecule has 1 heterocycles. The van der Waals surface area contributed by atoms with Crippen molar-refractivity contribution in [3.63, 3.8) is 0 Å². The lowest BCUT2D eigenvalue weighted by atomic mass is 10.3. The number of carboxylic acids is 1. The van der Waals surface area contributed by atoms with E-state index in [0.29, 0.717) is 11.5 Å². The van der Waals surface area contributed by atoms with Crippen LogP contribution in [0.2, 0.25) is 0 Å². The molecule has 1 aromatic heterocycles. The Hall–Kier alpha value is -2.37. The van der Waals surface area contributed by atoms with Crippen molar-refractivity contribution in [2.75, 3.05) is 11.9 Å². The van der Waals surface area contributed by atoms with Crippen molar-refractivity contribution in [3.8, 4) is 0 Å². The van der Waals surface area contributed by atoms with Gasteiger partial charge in [0.15, 0.2) is 0 Å². The zero-order chi connectivity index (χ0) is 12.7. The molecule has 0 saturated heterocycles. The fraction of sp³-hybridized carbons (Fsp3) is 0.182. The normalized spacial score (nSPS) is 10.2. The van der Waals surface area contributed by atoms with Crippen molar-refractivity contribution in [2.45, 2.75) is 6.92 Å². The summed E-state index contributed by atoms with van der Waals surface area (Å²) in [5, 5.41) is 10.9. The molecule has 0 saturated carbocycles. The van der Waals surface area contributed by atoms with E-state index in [4.69, 9.17) is 5.11 Å². The Bertz CT molecular complexity index is 443. The van der Waals surface area contributed by atoms with Gasteiger partial charge in [0.05, 0.1) is 12.3 Å². The van der Waals surface area contributed by atoms with E-state index in [-0.39, 0.29) is 6.61 Å². The molecule has 0 spiro atoms. The largest absolute Gasteiger partial charge is 0.478 e. The van der Waals surface area contributed by atoms with Gasteiger partial charge < -0.3 is 9.84 Å². The monoisotopic (exact) mass is 236 g/mol. The van der Waals surface area contributed by atoms with E-state index in [0.717, 1.165) is 6.08 Å². The van der Waals surface area contributed by atoms with E-state index in [1.807, 2.05) is 0 Å². The fourth-order valence-electron chi connectivity index (χ4n) is 1.04. The minimum absolute atomic E-state index is 0.268. The van der Waals surface area contributed by atoms with Crippen LogP contribution in [-0.4, -0.2) is 28.8 Å². The maximum atomic E-state index is 11.1. The summed E-state index contributed by atoms with van der Waals surface area (Å²) in [6.45, 7) is 1.96. The molecule has 1 aromatic rings. The number of nitrogens with zero attached hydrogens (tertiary/aromatic N) is 1. The predicted molar refractivity (Wildman–Crippen MR) is 61.6 cm³/mol. The van der Waals surface area contributed by atoms with Crippen LogP contribution in [0.3, 0.4) is 0 Å². The second-order valence-electron chi connectivity index (χ2n) is 2.96. The van der Waals surface area contributed by atoms with E-state index < -0.39 is 12.1 Å². The van der Waals surface area contributed by atoms with Crippen molar-refractivity contribution in [1.82, 2.24) is 4.98 Å². The van der Waals surface area contributed by atoms with Gasteiger partial charge in [-0.3, -0.25) is 5.32 Å². The Balaban J connectivity index is 2.72. The number of ether oxygens (including phenoxy) is 1. The van der Waals surface area contributed by atoms with Crippen LogP contribution in [0.4, 0.5) is 10.6 Å². The van der Waals surface area contributed by atoms with Gasteiger partial charge in [0.1, 0.15) is 5.82 Å². The predicted octanol–water partition coefficient (Wildman–Crippen LogP) is 1.75. The number of carbonyl (C=O) groups excluding carboxylic acids is 1. The standard InChI is InChI=1S/C11H12N2O4/c1-2-17-11(16)13-9-5-3-4-8(12-9)6-7-10(14)15/h3-7H,2H2,1H3,(H,14,15)(H,12,13,16). The number of amides is 1. The summed E-state index contributed by atoms with van der Waals surface area (Å²) >= 11 is 0. The van der Waals surface area contributed by atoms with Gasteiger partial charge >= 0.3 is 12.1 Å². The van der Waals surface area contributed by atoms with Gasteiger partial charge in [-0.15, -0.1) is 0 Å². The van der Waals surface area contributed by atoms with Crippen LogP contribution in [0, 0.1) is 0 Å². The molecule has 0 atom stereocenters. The number of rotatable bonds is 4. The molecule has 1 amide bonds. The zero-order valence-corrected chi connectivity index (χ0v) is 9.21. The molecule has 1 rings (SSSR count). The minimum Gasteiger partial charge on any atom is -0.478 e. The molecule has 0 aliphatic rings. The number of hydrogen-bond acceptors (Lipinski definition) is 4. The maximum Gasteiger partial charge on any atom is 0.412 e. The van der Waals surface area contributed by atoms with Gasteiger partial charge in [-0.25, -0.2) is 14.6 Å². The SMILES string of the molecule is CCOC(=O)Nc1cccc(C=CC(=O)O)n1. The summed E-state index contributed by atoms with van der Waals surface area (Å²) in [6, 6.07) is 4.85. The molecule has 0 radical (unpaired) electrons. The van der Waals surface area contributed by atoms with Gasteiger partial charge in [-0.1, -0.05) is 6.07 Å². The van der Waals surface area contributed by atoms with E-state index in [2.05, 4.69) is 15.0 Å². The Morgan fingerprint density at radius 1 is 1.53 bits per heavy atom. The molecule has 17 heavy (non-hydrogen) atoms. The highest BCUT2D eigenvalue weighted by atomic mass is 16.5. The summed E-state index contributed by atoms with van der Waals surface area (Å²) in [6.07, 6.45) is 1.70. The second-order valence-corrected chi connectivity index (χ2v) is 2.96. The smallest absolute Gasteiger partial charge is 0.412 e. The number of nitrogens with one attached hydrogen (secondary N) is 1. The summed E-state index contributed by atoms with van der Waals surface area (Å²) in [5.41, 5.74) is 0.432. The highest BCUT2D eigenvalue weighted by Crippen LogP contribution is 2.06. The molecular weight excluding hydrogens is 224 g/mol. The van der Waals surface area contributed by atoms with E-state index >= 15 is 0 Å². The van der Waals surface area contributed by atoms with Gasteiger partial charge in [0.25, 0.3) is 0 Å². The molecule has 6 heteroatoms. The fourth-order valence-corrected chi connectivity index (χ4v) is 1.04. The van der Waals surface area contributed by atoms with Crippen LogP contribution in [0.25, 0.3) is 6.08 Å². The molecule has 2 N–H and O–H groups in total. The second kappa shape index (κ2) is 6.26. The number of aliphatic carboxylic acids is 1. The Labute approximate surface area is 97.9 Å². The lowest BCUT2D eigenvalue weighted by Gasteiger charge is -2.04. The van der Waals surface area contributed by atoms with Gasteiger partial charge in [0.2, 0.25) is 0 Å². The van der Waals surface area contributed by atoms with Crippen LogP contribution in [0.15, 0.2) is 24.3 Å². The van der Waals surface area contributed by atoms with Crippen LogP contribution in [-0.2, 0) is 9.53 Å². The van der Waals surface area contributed by atoms with Crippen LogP contribution < -0.4 is 5.32 Å². The molecule has 0 fully saturated rings. The number of carboxylic acid groups (broad SMARTS) is 1. The topological polar surface area (TPSA) is 88.5 Å². The summed E-state index contributed by atoms with van der Waals surface area (Å²) in [7, 11) is 0. The average molecular weight is 236 g/mol. The van der Waals surface area contributed by atoms with Gasteiger partial charge in [0, 0.05) is 6.08 Å². The first-order chi connectivity index (χ1) is 8.11. The third-order valence-electron chi connectivity index (χ3n) is 1.67. The summed E-state index contributed by atoms with van der Waals surface area (Å²) in [5.74, 6) is -0.758. The highest BCUT2D eigenvalue weighted by molar-refractivity contribution is 5.85. The third-order valence-corrected chi connectivity index (χ3v) is 1.67. The number of carbonyl (C=O) groups is 2. The zero-order valence-electron chi connectivity index (χ0n) is 9.21. The molecule has 0 aliphatic heterocycles. The van der Waals surface area contributed by atoms with Crippen molar-refractivity contribution >= 4 is 24.0 Å². The molecule has 0 bridgehead atoms. The summed E-state index contributed by atoms with van der Waals surface area (Å²) < 4.78 is 4.68. The van der Waals surface area contributed by atoms with Crippen LogP contribution >= 0.6 is 0 Å². The third kappa shape index (κ3) is 4.78. The van der Waals surface area contributed by atoms with E-state index in [1.54, 1.807) is 25.1 Å². The first kappa shape index (κ1) is 12.7. The lowest BCUT2D eigenvalue weighted by molar-refractivity contribution is -0.131. The van der Waals surface area contributed by atoms with Crippen LogP contribution in [0.5, 0.6) is 0 Å². The Morgan fingerprint density at radius 3 is 2.94 bits per heavy atom. The molecule has 6 nitrogen and oxygen atoms in total. The Morgan fingerprint density at radius 2 is 2.29 bits per heavy atom. The van der Waals surface area contributed by atoms with Gasteiger partial charge in [-0.2, -0.15) is 0 Å². The average Bonchev–Trinajstić information content (AvgIpc) is 2.27. The molecule has 0 aromatic carbocycles. The van der Waals surface area contributed by atoms with Crippen molar-refractivity contribution in [3.05, 3.63) is 30.0 Å². The molecule has 90 valence electrons. The van der Waals surface area contributed by atoms with E-state index in [9.17, 15) is 9.59 Å². The molecule has 0 aliphatic carbocycles.